The maximum Gasteiger partial charge on any atom is 0.189 e. The summed E-state index contributed by atoms with van der Waals surface area (Å²) in [7, 11) is 0. The summed E-state index contributed by atoms with van der Waals surface area (Å²) in [5.41, 5.74) is 1.70. The molecule has 0 spiro atoms. The molecule has 14 heavy (non-hydrogen) atoms. The Morgan fingerprint density at radius 3 is 2.50 bits per heavy atom. The Labute approximate surface area is 83.8 Å². The van der Waals surface area contributed by atoms with E-state index in [0.717, 1.165) is 24.0 Å². The molecule has 1 aliphatic rings. The molecule has 0 unspecified atom stereocenters. The fraction of sp³-hybridized carbons (Fsp3) is 0.154. The van der Waals surface area contributed by atoms with Crippen LogP contribution in [0, 0.1) is 0 Å². The third-order valence-corrected chi connectivity index (χ3v) is 2.33. The predicted molar refractivity (Wildman–Crippen MR) is 57.2 cm³/mol. The topological polar surface area (TPSA) is 17.1 Å². The average Bonchev–Trinajstić information content (AvgIpc) is 2.30. The maximum atomic E-state index is 11.9. The number of carbonyl (C=O) groups is 1. The third-order valence-electron chi connectivity index (χ3n) is 2.33. The first kappa shape index (κ1) is 8.95. The van der Waals surface area contributed by atoms with E-state index in [1.54, 1.807) is 0 Å². The minimum absolute atomic E-state index is 0.162. The first-order valence-electron chi connectivity index (χ1n) is 4.82. The van der Waals surface area contributed by atoms with Gasteiger partial charge in [0.15, 0.2) is 5.78 Å². The van der Waals surface area contributed by atoms with Gasteiger partial charge in [-0.2, -0.15) is 0 Å². The molecule has 0 heterocycles. The molecule has 0 aliphatic heterocycles. The van der Waals surface area contributed by atoms with Gasteiger partial charge >= 0.3 is 0 Å². The minimum atomic E-state index is 0.162. The summed E-state index contributed by atoms with van der Waals surface area (Å²) in [5, 5.41) is 0. The van der Waals surface area contributed by atoms with E-state index in [0.29, 0.717) is 0 Å². The highest BCUT2D eigenvalue weighted by atomic mass is 16.1. The van der Waals surface area contributed by atoms with Crippen molar-refractivity contribution in [3.8, 4) is 0 Å². The number of benzene rings is 1. The second-order valence-corrected chi connectivity index (χ2v) is 3.34. The molecule has 0 saturated carbocycles. The number of hydrogen-bond acceptors (Lipinski definition) is 1. The summed E-state index contributed by atoms with van der Waals surface area (Å²) in [6.45, 7) is 0. The Kier molecular flexibility index (Phi) is 2.59. The third kappa shape index (κ3) is 1.82. The number of carbonyl (C=O) groups excluding carboxylic acids is 1. The Hall–Kier alpha value is -1.63. The smallest absolute Gasteiger partial charge is 0.189 e. The molecule has 0 radical (unpaired) electrons. The fourth-order valence-electron chi connectivity index (χ4n) is 1.56. The zero-order valence-corrected chi connectivity index (χ0v) is 7.94. The van der Waals surface area contributed by atoms with Gasteiger partial charge in [-0.25, -0.2) is 0 Å². The largest absolute Gasteiger partial charge is 0.289 e. The molecule has 1 heteroatoms. The summed E-state index contributed by atoms with van der Waals surface area (Å²) in [5.74, 6) is 0.162. The van der Waals surface area contributed by atoms with Crippen LogP contribution >= 0.6 is 0 Å². The van der Waals surface area contributed by atoms with Crippen LogP contribution in [0.5, 0.6) is 0 Å². The molecule has 1 aromatic carbocycles. The first-order chi connectivity index (χ1) is 6.88. The van der Waals surface area contributed by atoms with Crippen molar-refractivity contribution in [3.63, 3.8) is 0 Å². The fourth-order valence-corrected chi connectivity index (χ4v) is 1.56. The zero-order chi connectivity index (χ0) is 9.80. The van der Waals surface area contributed by atoms with E-state index in [4.69, 9.17) is 0 Å². The normalized spacial score (nSPS) is 15.0. The molecule has 1 aliphatic carbocycles. The first-order valence-corrected chi connectivity index (χ1v) is 4.82. The van der Waals surface area contributed by atoms with Crippen LogP contribution < -0.4 is 0 Å². The quantitative estimate of drug-likeness (QED) is 0.509. The SMILES string of the molecule is O=C(C1=CCC=CC1)c1ccccc1. The van der Waals surface area contributed by atoms with Gasteiger partial charge in [0.05, 0.1) is 0 Å². The van der Waals surface area contributed by atoms with E-state index in [1.807, 2.05) is 36.4 Å². The van der Waals surface area contributed by atoms with Crippen LogP contribution in [0.1, 0.15) is 23.2 Å². The molecule has 2 rings (SSSR count). The van der Waals surface area contributed by atoms with Gasteiger partial charge in [0.25, 0.3) is 0 Å². The summed E-state index contributed by atoms with van der Waals surface area (Å²) < 4.78 is 0. The van der Waals surface area contributed by atoms with Crippen LogP contribution in [0.2, 0.25) is 0 Å². The van der Waals surface area contributed by atoms with Gasteiger partial charge < -0.3 is 0 Å². The second-order valence-electron chi connectivity index (χ2n) is 3.34. The molecule has 1 aromatic rings. The van der Waals surface area contributed by atoms with E-state index in [9.17, 15) is 4.79 Å². The maximum absolute atomic E-state index is 11.9. The van der Waals surface area contributed by atoms with Crippen LogP contribution in [-0.4, -0.2) is 5.78 Å². The number of ketones is 1. The average molecular weight is 184 g/mol. The summed E-state index contributed by atoms with van der Waals surface area (Å²) in [6, 6.07) is 9.44. The molecule has 0 atom stereocenters. The van der Waals surface area contributed by atoms with E-state index in [-0.39, 0.29) is 5.78 Å². The summed E-state index contributed by atoms with van der Waals surface area (Å²) >= 11 is 0. The number of hydrogen-bond donors (Lipinski definition) is 0. The van der Waals surface area contributed by atoms with Crippen molar-refractivity contribution < 1.29 is 4.79 Å². The number of Topliss-reactive ketones (excluding diaryl/α,β-unsaturated/α-hetero) is 1. The molecule has 0 bridgehead atoms. The van der Waals surface area contributed by atoms with Crippen molar-refractivity contribution in [1.82, 2.24) is 0 Å². The summed E-state index contributed by atoms with van der Waals surface area (Å²) in [6.07, 6.45) is 7.80. The van der Waals surface area contributed by atoms with Gasteiger partial charge in [0, 0.05) is 11.1 Å². The molecular formula is C13H12O. The van der Waals surface area contributed by atoms with Gasteiger partial charge in [-0.05, 0) is 12.8 Å². The van der Waals surface area contributed by atoms with Crippen molar-refractivity contribution in [2.24, 2.45) is 0 Å². The molecule has 0 saturated heterocycles. The lowest BCUT2D eigenvalue weighted by atomic mass is 9.97. The highest BCUT2D eigenvalue weighted by Gasteiger charge is 2.11. The lowest BCUT2D eigenvalue weighted by Gasteiger charge is -2.06. The summed E-state index contributed by atoms with van der Waals surface area (Å²) in [4.78, 5) is 11.9. The molecule has 0 fully saturated rings. The van der Waals surface area contributed by atoms with Crippen molar-refractivity contribution in [2.45, 2.75) is 12.8 Å². The minimum Gasteiger partial charge on any atom is -0.289 e. The monoisotopic (exact) mass is 184 g/mol. The Morgan fingerprint density at radius 1 is 1.07 bits per heavy atom. The molecule has 0 amide bonds. The van der Waals surface area contributed by atoms with Crippen molar-refractivity contribution in [3.05, 3.63) is 59.7 Å². The van der Waals surface area contributed by atoms with E-state index in [2.05, 4.69) is 12.2 Å². The van der Waals surface area contributed by atoms with Crippen LogP contribution in [-0.2, 0) is 0 Å². The molecular weight excluding hydrogens is 172 g/mol. The zero-order valence-electron chi connectivity index (χ0n) is 7.94. The Morgan fingerprint density at radius 2 is 1.86 bits per heavy atom. The molecule has 70 valence electrons. The lowest BCUT2D eigenvalue weighted by molar-refractivity contribution is 0.103. The van der Waals surface area contributed by atoms with Crippen LogP contribution in [0.25, 0.3) is 0 Å². The van der Waals surface area contributed by atoms with Crippen molar-refractivity contribution in [1.29, 1.82) is 0 Å². The van der Waals surface area contributed by atoms with E-state index in [1.165, 1.54) is 0 Å². The van der Waals surface area contributed by atoms with Crippen LogP contribution in [0.4, 0.5) is 0 Å². The van der Waals surface area contributed by atoms with Crippen LogP contribution in [0.3, 0.4) is 0 Å². The van der Waals surface area contributed by atoms with Crippen LogP contribution in [0.15, 0.2) is 54.1 Å². The van der Waals surface area contributed by atoms with Gasteiger partial charge in [0.2, 0.25) is 0 Å². The molecule has 0 N–H and O–H groups in total. The standard InChI is InChI=1S/C13H12O/c14-13(11-7-3-1-4-8-11)12-9-5-2-6-10-12/h1-5,7-8,10H,6,9H2. The van der Waals surface area contributed by atoms with E-state index >= 15 is 0 Å². The van der Waals surface area contributed by atoms with Gasteiger partial charge in [-0.3, -0.25) is 4.79 Å². The highest BCUT2D eigenvalue weighted by molar-refractivity contribution is 6.08. The van der Waals surface area contributed by atoms with E-state index < -0.39 is 0 Å². The Balaban J connectivity index is 2.21. The van der Waals surface area contributed by atoms with Crippen molar-refractivity contribution >= 4 is 5.78 Å². The number of allylic oxidation sites excluding steroid dienone is 4. The molecule has 1 nitrogen and oxygen atoms in total. The lowest BCUT2D eigenvalue weighted by Crippen LogP contribution is -2.04. The van der Waals surface area contributed by atoms with Crippen molar-refractivity contribution in [2.75, 3.05) is 0 Å². The second kappa shape index (κ2) is 4.05. The number of rotatable bonds is 2. The highest BCUT2D eigenvalue weighted by Crippen LogP contribution is 2.16. The Bertz CT molecular complexity index is 385. The molecule has 0 aromatic heterocycles. The van der Waals surface area contributed by atoms with Gasteiger partial charge in [-0.15, -0.1) is 0 Å². The predicted octanol–water partition coefficient (Wildman–Crippen LogP) is 3.15. The van der Waals surface area contributed by atoms with Gasteiger partial charge in [0.1, 0.15) is 0 Å². The van der Waals surface area contributed by atoms with Gasteiger partial charge in [-0.1, -0.05) is 48.6 Å².